The normalized spacial score (nSPS) is 10.1. The lowest BCUT2D eigenvalue weighted by molar-refractivity contribution is 0.0697. The van der Waals surface area contributed by atoms with Gasteiger partial charge in [-0.3, -0.25) is 0 Å². The van der Waals surface area contributed by atoms with Crippen LogP contribution in [0.2, 0.25) is 0 Å². The summed E-state index contributed by atoms with van der Waals surface area (Å²) in [5.41, 5.74) is 0.214. The topological polar surface area (TPSA) is 77.2 Å². The second kappa shape index (κ2) is 6.60. The van der Waals surface area contributed by atoms with Crippen molar-refractivity contribution in [3.8, 4) is 6.07 Å². The van der Waals surface area contributed by atoms with Crippen LogP contribution in [0.5, 0.6) is 0 Å². The van der Waals surface area contributed by atoms with Crippen LogP contribution in [-0.4, -0.2) is 29.1 Å². The molecule has 18 heavy (non-hydrogen) atoms. The minimum atomic E-state index is -0.969. The molecular weight excluding hydrogens is 230 g/mol. The third-order valence-electron chi connectivity index (χ3n) is 2.40. The molecule has 0 fully saturated rings. The number of hydrogen-bond acceptors (Lipinski definition) is 4. The largest absolute Gasteiger partial charge is 0.478 e. The van der Waals surface area contributed by atoms with Gasteiger partial charge in [-0.2, -0.15) is 5.26 Å². The molecule has 5 heteroatoms. The van der Waals surface area contributed by atoms with E-state index in [9.17, 15) is 4.79 Å². The van der Waals surface area contributed by atoms with Crippen molar-refractivity contribution in [2.75, 3.05) is 18.0 Å². The smallest absolute Gasteiger partial charge is 0.335 e. The van der Waals surface area contributed by atoms with Crippen LogP contribution < -0.4 is 4.90 Å². The summed E-state index contributed by atoms with van der Waals surface area (Å²) in [5.74, 6) is 0.0567. The van der Waals surface area contributed by atoms with Gasteiger partial charge in [0.25, 0.3) is 0 Å². The molecule has 96 valence electrons. The number of carboxylic acids is 1. The minimum absolute atomic E-state index is 0.214. The van der Waals surface area contributed by atoms with E-state index >= 15 is 0 Å². The average molecular weight is 247 g/mol. The van der Waals surface area contributed by atoms with Crippen LogP contribution in [0.1, 0.15) is 30.6 Å². The van der Waals surface area contributed by atoms with Crippen molar-refractivity contribution in [3.63, 3.8) is 0 Å². The number of anilines is 1. The summed E-state index contributed by atoms with van der Waals surface area (Å²) in [7, 11) is 0. The number of pyridine rings is 1. The highest BCUT2D eigenvalue weighted by atomic mass is 16.4. The fourth-order valence-corrected chi connectivity index (χ4v) is 1.65. The zero-order valence-corrected chi connectivity index (χ0v) is 10.6. The van der Waals surface area contributed by atoms with Crippen molar-refractivity contribution >= 4 is 11.8 Å². The summed E-state index contributed by atoms with van der Waals surface area (Å²) in [6, 6.07) is 5.10. The van der Waals surface area contributed by atoms with Gasteiger partial charge in [0.1, 0.15) is 5.82 Å². The number of carbonyl (C=O) groups is 1. The molecule has 0 aromatic carbocycles. The van der Waals surface area contributed by atoms with Crippen molar-refractivity contribution in [2.45, 2.75) is 20.3 Å². The maximum Gasteiger partial charge on any atom is 0.335 e. The molecule has 0 atom stereocenters. The summed E-state index contributed by atoms with van der Waals surface area (Å²) in [5, 5.41) is 17.6. The maximum atomic E-state index is 10.9. The Balaban J connectivity index is 2.93. The lowest BCUT2D eigenvalue weighted by Gasteiger charge is -2.24. The van der Waals surface area contributed by atoms with E-state index < -0.39 is 5.97 Å². The van der Waals surface area contributed by atoms with Crippen LogP contribution in [0.15, 0.2) is 18.3 Å². The van der Waals surface area contributed by atoms with Crippen LogP contribution in [0.4, 0.5) is 5.82 Å². The molecule has 1 N–H and O–H groups in total. The predicted molar refractivity (Wildman–Crippen MR) is 68.5 cm³/mol. The third-order valence-corrected chi connectivity index (χ3v) is 2.40. The molecule has 0 aliphatic carbocycles. The van der Waals surface area contributed by atoms with E-state index in [2.05, 4.69) is 24.9 Å². The summed E-state index contributed by atoms with van der Waals surface area (Å²) >= 11 is 0. The molecule has 0 unspecified atom stereocenters. The first-order valence-corrected chi connectivity index (χ1v) is 5.86. The number of aromatic carboxylic acids is 1. The van der Waals surface area contributed by atoms with Crippen LogP contribution in [0, 0.1) is 17.2 Å². The monoisotopic (exact) mass is 247 g/mol. The van der Waals surface area contributed by atoms with Crippen molar-refractivity contribution in [1.82, 2.24) is 4.98 Å². The summed E-state index contributed by atoms with van der Waals surface area (Å²) in [6.45, 7) is 5.45. The lowest BCUT2D eigenvalue weighted by atomic mass is 10.2. The second-order valence-electron chi connectivity index (χ2n) is 4.46. The van der Waals surface area contributed by atoms with Gasteiger partial charge >= 0.3 is 5.97 Å². The molecule has 1 rings (SSSR count). The zero-order chi connectivity index (χ0) is 13.5. The SMILES string of the molecule is CC(C)CN(CCC#N)c1cc(C(=O)O)ccn1. The van der Waals surface area contributed by atoms with Crippen molar-refractivity contribution < 1.29 is 9.90 Å². The Morgan fingerprint density at radius 3 is 2.89 bits per heavy atom. The fourth-order valence-electron chi connectivity index (χ4n) is 1.65. The standard InChI is InChI=1S/C13H17N3O2/c1-10(2)9-16(7-3-5-14)12-8-11(13(17)18)4-6-15-12/h4,6,8,10H,3,7,9H2,1-2H3,(H,17,18). The summed E-state index contributed by atoms with van der Waals surface area (Å²) in [6.07, 6.45) is 1.88. The Hall–Kier alpha value is -2.09. The Morgan fingerprint density at radius 1 is 1.61 bits per heavy atom. The highest BCUT2D eigenvalue weighted by molar-refractivity contribution is 5.88. The van der Waals surface area contributed by atoms with Gasteiger partial charge < -0.3 is 10.0 Å². The third kappa shape index (κ3) is 4.06. The molecular formula is C13H17N3O2. The highest BCUT2D eigenvalue weighted by Crippen LogP contribution is 2.15. The van der Waals surface area contributed by atoms with Gasteiger partial charge in [0, 0.05) is 19.3 Å². The number of rotatable bonds is 6. The Labute approximate surface area is 107 Å². The van der Waals surface area contributed by atoms with Crippen molar-refractivity contribution in [1.29, 1.82) is 5.26 Å². The molecule has 1 aromatic rings. The summed E-state index contributed by atoms with van der Waals surface area (Å²) < 4.78 is 0. The van der Waals surface area contributed by atoms with Crippen LogP contribution in [0.25, 0.3) is 0 Å². The van der Waals surface area contributed by atoms with E-state index in [0.717, 1.165) is 6.54 Å². The molecule has 0 radical (unpaired) electrons. The van der Waals surface area contributed by atoms with E-state index in [0.29, 0.717) is 24.7 Å². The maximum absolute atomic E-state index is 10.9. The number of carboxylic acid groups (broad SMARTS) is 1. The predicted octanol–water partition coefficient (Wildman–Crippen LogP) is 2.16. The first kappa shape index (κ1) is 14.0. The quantitative estimate of drug-likeness (QED) is 0.833. The molecule has 0 aliphatic heterocycles. The average Bonchev–Trinajstić information content (AvgIpc) is 2.34. The summed E-state index contributed by atoms with van der Waals surface area (Å²) in [4.78, 5) is 17.0. The molecule has 0 saturated heterocycles. The van der Waals surface area contributed by atoms with E-state index in [1.165, 1.54) is 12.3 Å². The van der Waals surface area contributed by atoms with E-state index in [-0.39, 0.29) is 5.56 Å². The number of nitrogens with zero attached hydrogens (tertiary/aromatic N) is 3. The van der Waals surface area contributed by atoms with Gasteiger partial charge in [-0.15, -0.1) is 0 Å². The van der Waals surface area contributed by atoms with Crippen LogP contribution in [0.3, 0.4) is 0 Å². The molecule has 0 spiro atoms. The van der Waals surface area contributed by atoms with Gasteiger partial charge in [-0.25, -0.2) is 9.78 Å². The van der Waals surface area contributed by atoms with Gasteiger partial charge in [0.2, 0.25) is 0 Å². The number of nitriles is 1. The highest BCUT2D eigenvalue weighted by Gasteiger charge is 2.12. The Morgan fingerprint density at radius 2 is 2.33 bits per heavy atom. The number of hydrogen-bond donors (Lipinski definition) is 1. The molecule has 1 aromatic heterocycles. The van der Waals surface area contributed by atoms with Gasteiger partial charge in [-0.1, -0.05) is 13.8 Å². The van der Waals surface area contributed by atoms with E-state index in [4.69, 9.17) is 10.4 Å². The van der Waals surface area contributed by atoms with E-state index in [1.54, 1.807) is 6.07 Å². The molecule has 0 saturated carbocycles. The van der Waals surface area contributed by atoms with Crippen molar-refractivity contribution in [3.05, 3.63) is 23.9 Å². The van der Waals surface area contributed by atoms with Gasteiger partial charge in [0.15, 0.2) is 0 Å². The van der Waals surface area contributed by atoms with Gasteiger partial charge in [-0.05, 0) is 18.1 Å². The first-order chi connectivity index (χ1) is 8.54. The molecule has 0 amide bonds. The second-order valence-corrected chi connectivity index (χ2v) is 4.46. The van der Waals surface area contributed by atoms with Crippen LogP contribution in [-0.2, 0) is 0 Å². The van der Waals surface area contributed by atoms with Crippen LogP contribution >= 0.6 is 0 Å². The Bertz CT molecular complexity index is 452. The molecule has 1 heterocycles. The zero-order valence-electron chi connectivity index (χ0n) is 10.6. The van der Waals surface area contributed by atoms with Gasteiger partial charge in [0.05, 0.1) is 18.1 Å². The Kier molecular flexibility index (Phi) is 5.12. The minimum Gasteiger partial charge on any atom is -0.478 e. The number of aromatic nitrogens is 1. The molecule has 0 bridgehead atoms. The first-order valence-electron chi connectivity index (χ1n) is 5.86. The molecule has 5 nitrogen and oxygen atoms in total. The van der Waals surface area contributed by atoms with E-state index in [1.807, 2.05) is 4.90 Å². The fraction of sp³-hybridized carbons (Fsp3) is 0.462. The molecule has 0 aliphatic rings. The lowest BCUT2D eigenvalue weighted by Crippen LogP contribution is -2.29. The van der Waals surface area contributed by atoms with Crippen molar-refractivity contribution in [2.24, 2.45) is 5.92 Å².